The standard InChI is InChI=1S/C14H17N3O2/c1-14(2,13(18)17-15)9-19-12-7-3-6-11-10(12)5-4-8-16-11/h3-8H,9,15H2,1-2H3,(H,17,18). The van der Waals surface area contributed by atoms with Crippen LogP contribution in [0.5, 0.6) is 5.75 Å². The number of hydrogen-bond donors (Lipinski definition) is 2. The van der Waals surface area contributed by atoms with Gasteiger partial charge in [0.05, 0.1) is 10.9 Å². The number of hydrazine groups is 1. The van der Waals surface area contributed by atoms with Gasteiger partial charge >= 0.3 is 0 Å². The number of nitrogens with zero attached hydrogens (tertiary/aromatic N) is 1. The molecule has 0 bridgehead atoms. The summed E-state index contributed by atoms with van der Waals surface area (Å²) < 4.78 is 5.75. The summed E-state index contributed by atoms with van der Waals surface area (Å²) in [5.74, 6) is 5.61. The van der Waals surface area contributed by atoms with Gasteiger partial charge < -0.3 is 4.74 Å². The summed E-state index contributed by atoms with van der Waals surface area (Å²) in [4.78, 5) is 15.8. The molecule has 1 aromatic carbocycles. The second-order valence-corrected chi connectivity index (χ2v) is 4.97. The molecule has 0 saturated heterocycles. The van der Waals surface area contributed by atoms with Crippen molar-refractivity contribution in [1.82, 2.24) is 10.4 Å². The van der Waals surface area contributed by atoms with E-state index < -0.39 is 5.41 Å². The van der Waals surface area contributed by atoms with Crippen molar-refractivity contribution in [3.05, 3.63) is 36.5 Å². The average Bonchev–Trinajstić information content (AvgIpc) is 2.44. The molecule has 1 heterocycles. The second-order valence-electron chi connectivity index (χ2n) is 4.97. The molecule has 0 aliphatic heterocycles. The highest BCUT2D eigenvalue weighted by atomic mass is 16.5. The molecule has 1 aromatic heterocycles. The molecule has 0 saturated carbocycles. The monoisotopic (exact) mass is 259 g/mol. The number of hydrogen-bond acceptors (Lipinski definition) is 4. The maximum atomic E-state index is 11.6. The van der Waals surface area contributed by atoms with Crippen LogP contribution < -0.4 is 16.0 Å². The van der Waals surface area contributed by atoms with Crippen LogP contribution in [0.4, 0.5) is 0 Å². The summed E-state index contributed by atoms with van der Waals surface area (Å²) in [6, 6.07) is 9.45. The number of rotatable bonds is 4. The number of nitrogens with two attached hydrogens (primary N) is 1. The molecule has 19 heavy (non-hydrogen) atoms. The Morgan fingerprint density at radius 1 is 1.37 bits per heavy atom. The molecule has 2 rings (SSSR count). The van der Waals surface area contributed by atoms with Crippen molar-refractivity contribution < 1.29 is 9.53 Å². The van der Waals surface area contributed by atoms with Crippen molar-refractivity contribution in [2.75, 3.05) is 6.61 Å². The molecule has 5 heteroatoms. The first-order valence-corrected chi connectivity index (χ1v) is 6.02. The number of amides is 1. The van der Waals surface area contributed by atoms with Crippen LogP contribution in [-0.2, 0) is 4.79 Å². The molecular weight excluding hydrogens is 242 g/mol. The lowest BCUT2D eigenvalue weighted by molar-refractivity contribution is -0.130. The van der Waals surface area contributed by atoms with Crippen molar-refractivity contribution in [3.63, 3.8) is 0 Å². The number of aromatic nitrogens is 1. The zero-order chi connectivity index (χ0) is 13.9. The molecule has 0 atom stereocenters. The Balaban J connectivity index is 2.21. The molecular formula is C14H17N3O2. The highest BCUT2D eigenvalue weighted by molar-refractivity contribution is 5.85. The summed E-state index contributed by atoms with van der Waals surface area (Å²) in [7, 11) is 0. The van der Waals surface area contributed by atoms with Crippen molar-refractivity contribution >= 4 is 16.8 Å². The van der Waals surface area contributed by atoms with Gasteiger partial charge in [0, 0.05) is 11.6 Å². The normalized spacial score (nSPS) is 11.3. The Morgan fingerprint density at radius 3 is 2.89 bits per heavy atom. The van der Waals surface area contributed by atoms with Crippen LogP contribution >= 0.6 is 0 Å². The minimum Gasteiger partial charge on any atom is -0.492 e. The zero-order valence-corrected chi connectivity index (χ0v) is 11.0. The van der Waals surface area contributed by atoms with Gasteiger partial charge in [-0.15, -0.1) is 0 Å². The maximum absolute atomic E-state index is 11.6. The highest BCUT2D eigenvalue weighted by Gasteiger charge is 2.28. The topological polar surface area (TPSA) is 77.2 Å². The lowest BCUT2D eigenvalue weighted by Crippen LogP contribution is -2.44. The molecule has 100 valence electrons. The van der Waals surface area contributed by atoms with Crippen LogP contribution in [-0.4, -0.2) is 17.5 Å². The number of ether oxygens (including phenoxy) is 1. The highest BCUT2D eigenvalue weighted by Crippen LogP contribution is 2.26. The van der Waals surface area contributed by atoms with Gasteiger partial charge in [-0.1, -0.05) is 6.07 Å². The first kappa shape index (κ1) is 13.3. The van der Waals surface area contributed by atoms with Gasteiger partial charge in [-0.3, -0.25) is 15.2 Å². The van der Waals surface area contributed by atoms with E-state index in [1.807, 2.05) is 30.3 Å². The van der Waals surface area contributed by atoms with Gasteiger partial charge in [0.1, 0.15) is 12.4 Å². The fourth-order valence-electron chi connectivity index (χ4n) is 1.72. The number of carbonyl (C=O) groups excluding carboxylic acids is 1. The lowest BCUT2D eigenvalue weighted by Gasteiger charge is -2.22. The maximum Gasteiger partial charge on any atom is 0.242 e. The molecule has 0 fully saturated rings. The minimum absolute atomic E-state index is 0.240. The Labute approximate surface area is 111 Å². The van der Waals surface area contributed by atoms with Crippen molar-refractivity contribution in [2.45, 2.75) is 13.8 Å². The first-order valence-electron chi connectivity index (χ1n) is 6.02. The van der Waals surface area contributed by atoms with E-state index in [0.717, 1.165) is 10.9 Å². The third-order valence-electron chi connectivity index (χ3n) is 2.94. The van der Waals surface area contributed by atoms with E-state index in [4.69, 9.17) is 10.6 Å². The molecule has 0 aliphatic rings. The van der Waals surface area contributed by atoms with Crippen LogP contribution in [0.15, 0.2) is 36.5 Å². The van der Waals surface area contributed by atoms with Crippen molar-refractivity contribution in [2.24, 2.45) is 11.3 Å². The van der Waals surface area contributed by atoms with Crippen LogP contribution in [0.1, 0.15) is 13.8 Å². The third-order valence-corrected chi connectivity index (χ3v) is 2.94. The van der Waals surface area contributed by atoms with E-state index in [9.17, 15) is 4.79 Å². The van der Waals surface area contributed by atoms with Gasteiger partial charge in [0.25, 0.3) is 0 Å². The molecule has 0 spiro atoms. The van der Waals surface area contributed by atoms with E-state index in [-0.39, 0.29) is 12.5 Å². The van der Waals surface area contributed by atoms with E-state index >= 15 is 0 Å². The number of pyridine rings is 1. The molecule has 0 unspecified atom stereocenters. The largest absolute Gasteiger partial charge is 0.492 e. The predicted molar refractivity (Wildman–Crippen MR) is 73.3 cm³/mol. The van der Waals surface area contributed by atoms with E-state index in [1.54, 1.807) is 20.0 Å². The Bertz CT molecular complexity index is 591. The van der Waals surface area contributed by atoms with Crippen LogP contribution in [0.2, 0.25) is 0 Å². The smallest absolute Gasteiger partial charge is 0.242 e. The van der Waals surface area contributed by atoms with Gasteiger partial charge in [-0.05, 0) is 38.1 Å². The van der Waals surface area contributed by atoms with Crippen molar-refractivity contribution in [1.29, 1.82) is 0 Å². The molecule has 5 nitrogen and oxygen atoms in total. The number of nitrogens with one attached hydrogen (secondary N) is 1. The summed E-state index contributed by atoms with van der Waals surface area (Å²) >= 11 is 0. The summed E-state index contributed by atoms with van der Waals surface area (Å²) in [5.41, 5.74) is 2.31. The lowest BCUT2D eigenvalue weighted by atomic mass is 9.94. The predicted octanol–water partition coefficient (Wildman–Crippen LogP) is 1.63. The molecule has 3 N–H and O–H groups in total. The quantitative estimate of drug-likeness (QED) is 0.497. The Kier molecular flexibility index (Phi) is 3.66. The number of carbonyl (C=O) groups is 1. The van der Waals surface area contributed by atoms with Gasteiger partial charge in [-0.2, -0.15) is 0 Å². The van der Waals surface area contributed by atoms with Crippen molar-refractivity contribution in [3.8, 4) is 5.75 Å². The first-order chi connectivity index (χ1) is 9.04. The molecule has 2 aromatic rings. The summed E-state index contributed by atoms with van der Waals surface area (Å²) in [5, 5.41) is 0.925. The summed E-state index contributed by atoms with van der Waals surface area (Å²) in [6.07, 6.45) is 1.73. The number of fused-ring (bicyclic) bond motifs is 1. The second kappa shape index (κ2) is 5.24. The Hall–Kier alpha value is -2.14. The molecule has 1 amide bonds. The van der Waals surface area contributed by atoms with Gasteiger partial charge in [0.2, 0.25) is 5.91 Å². The number of benzene rings is 1. The van der Waals surface area contributed by atoms with Crippen LogP contribution in [0, 0.1) is 5.41 Å². The SMILES string of the molecule is CC(C)(COc1cccc2ncccc12)C(=O)NN. The van der Waals surface area contributed by atoms with E-state index in [1.165, 1.54) is 0 Å². The summed E-state index contributed by atoms with van der Waals surface area (Å²) in [6.45, 7) is 3.79. The van der Waals surface area contributed by atoms with Crippen LogP contribution in [0.3, 0.4) is 0 Å². The van der Waals surface area contributed by atoms with Gasteiger partial charge in [0.15, 0.2) is 0 Å². The van der Waals surface area contributed by atoms with E-state index in [0.29, 0.717) is 5.75 Å². The minimum atomic E-state index is -0.695. The fourth-order valence-corrected chi connectivity index (χ4v) is 1.72. The molecule has 0 radical (unpaired) electrons. The Morgan fingerprint density at radius 2 is 2.16 bits per heavy atom. The van der Waals surface area contributed by atoms with Gasteiger partial charge in [-0.25, -0.2) is 5.84 Å². The molecule has 0 aliphatic carbocycles. The average molecular weight is 259 g/mol. The zero-order valence-electron chi connectivity index (χ0n) is 11.0. The van der Waals surface area contributed by atoms with Crippen LogP contribution in [0.25, 0.3) is 10.9 Å². The van der Waals surface area contributed by atoms with E-state index in [2.05, 4.69) is 10.4 Å². The fraction of sp³-hybridized carbons (Fsp3) is 0.286. The third kappa shape index (κ3) is 2.82.